The van der Waals surface area contributed by atoms with Gasteiger partial charge < -0.3 is 4.90 Å². The average Bonchev–Trinajstić information content (AvgIpc) is 2.56. The van der Waals surface area contributed by atoms with Gasteiger partial charge in [-0.15, -0.1) is 0 Å². The molecule has 0 atom stereocenters. The molecule has 1 aromatic heterocycles. The molecule has 4 heteroatoms. The molecule has 2 heterocycles. The van der Waals surface area contributed by atoms with Crippen molar-refractivity contribution in [3.05, 3.63) is 64.6 Å². The monoisotopic (exact) mass is 296 g/mol. The van der Waals surface area contributed by atoms with Crippen molar-refractivity contribution in [2.45, 2.75) is 19.8 Å². The molecule has 1 saturated heterocycles. The third-order valence-electron chi connectivity index (χ3n) is 4.26. The molecular formula is C18H20N2O2. The van der Waals surface area contributed by atoms with Gasteiger partial charge in [0.25, 0.3) is 11.5 Å². The molecule has 114 valence electrons. The summed E-state index contributed by atoms with van der Waals surface area (Å²) in [5.41, 5.74) is 1.21. The van der Waals surface area contributed by atoms with Gasteiger partial charge in [-0.25, -0.2) is 0 Å². The molecule has 0 aliphatic carbocycles. The summed E-state index contributed by atoms with van der Waals surface area (Å²) in [6, 6.07) is 12.5. The van der Waals surface area contributed by atoms with Gasteiger partial charge in [0.1, 0.15) is 0 Å². The smallest absolute Gasteiger partial charge is 0.255 e. The normalized spacial score (nSPS) is 15.8. The highest BCUT2D eigenvalue weighted by atomic mass is 16.2. The Balaban J connectivity index is 1.89. The van der Waals surface area contributed by atoms with Crippen molar-refractivity contribution in [1.82, 2.24) is 9.47 Å². The molecule has 0 N–H and O–H groups in total. The van der Waals surface area contributed by atoms with Crippen LogP contribution < -0.4 is 5.56 Å². The molecule has 1 amide bonds. The number of aromatic nitrogens is 1. The van der Waals surface area contributed by atoms with Crippen LogP contribution in [0.15, 0.2) is 53.5 Å². The van der Waals surface area contributed by atoms with Crippen LogP contribution in [0, 0.1) is 5.92 Å². The first kappa shape index (κ1) is 14.6. The molecule has 1 fully saturated rings. The van der Waals surface area contributed by atoms with E-state index >= 15 is 0 Å². The zero-order valence-electron chi connectivity index (χ0n) is 12.7. The van der Waals surface area contributed by atoms with Gasteiger partial charge in [-0.2, -0.15) is 0 Å². The van der Waals surface area contributed by atoms with Crippen LogP contribution in [-0.4, -0.2) is 28.5 Å². The summed E-state index contributed by atoms with van der Waals surface area (Å²) < 4.78 is 1.53. The van der Waals surface area contributed by atoms with Crippen molar-refractivity contribution in [3.8, 4) is 5.69 Å². The van der Waals surface area contributed by atoms with E-state index in [1.54, 1.807) is 12.3 Å². The second kappa shape index (κ2) is 6.18. The molecule has 22 heavy (non-hydrogen) atoms. The third-order valence-corrected chi connectivity index (χ3v) is 4.26. The van der Waals surface area contributed by atoms with Crippen molar-refractivity contribution in [1.29, 1.82) is 0 Å². The van der Waals surface area contributed by atoms with Gasteiger partial charge in [0, 0.05) is 31.0 Å². The Bertz CT molecular complexity index is 713. The van der Waals surface area contributed by atoms with E-state index in [1.165, 1.54) is 10.6 Å². The SMILES string of the molecule is CC1CCN(C(=O)c2ccc(=O)n(-c3ccccc3)c2)CC1. The van der Waals surface area contributed by atoms with E-state index in [9.17, 15) is 9.59 Å². The molecule has 3 rings (SSSR count). The lowest BCUT2D eigenvalue weighted by Crippen LogP contribution is -2.38. The van der Waals surface area contributed by atoms with E-state index in [4.69, 9.17) is 0 Å². The lowest BCUT2D eigenvalue weighted by molar-refractivity contribution is 0.0696. The molecule has 0 spiro atoms. The molecule has 1 aromatic carbocycles. The van der Waals surface area contributed by atoms with Gasteiger partial charge in [-0.1, -0.05) is 25.1 Å². The van der Waals surface area contributed by atoms with Gasteiger partial charge in [-0.3, -0.25) is 14.2 Å². The Morgan fingerprint density at radius 3 is 2.41 bits per heavy atom. The standard InChI is InChI=1S/C18H20N2O2/c1-14-9-11-19(12-10-14)18(22)15-7-8-17(21)20(13-15)16-5-3-2-4-6-16/h2-8,13-14H,9-12H2,1H3. The van der Waals surface area contributed by atoms with Crippen molar-refractivity contribution in [2.24, 2.45) is 5.92 Å². The predicted molar refractivity (Wildman–Crippen MR) is 86.3 cm³/mol. The highest BCUT2D eigenvalue weighted by Gasteiger charge is 2.21. The number of hydrogen-bond acceptors (Lipinski definition) is 2. The first-order valence-electron chi connectivity index (χ1n) is 7.72. The summed E-state index contributed by atoms with van der Waals surface area (Å²) in [4.78, 5) is 26.5. The Labute approximate surface area is 130 Å². The average molecular weight is 296 g/mol. The van der Waals surface area contributed by atoms with E-state index < -0.39 is 0 Å². The minimum absolute atomic E-state index is 0.0107. The second-order valence-corrected chi connectivity index (χ2v) is 5.94. The van der Waals surface area contributed by atoms with Crippen LogP contribution in [0.1, 0.15) is 30.1 Å². The van der Waals surface area contributed by atoms with Crippen LogP contribution in [0.25, 0.3) is 5.69 Å². The number of amides is 1. The van der Waals surface area contributed by atoms with E-state index in [0.29, 0.717) is 11.5 Å². The minimum atomic E-state index is -0.130. The number of hydrogen-bond donors (Lipinski definition) is 0. The van der Waals surface area contributed by atoms with Crippen molar-refractivity contribution in [3.63, 3.8) is 0 Å². The molecule has 0 bridgehead atoms. The Hall–Kier alpha value is -2.36. The number of piperidine rings is 1. The molecular weight excluding hydrogens is 276 g/mol. The molecule has 1 aliphatic rings. The highest BCUT2D eigenvalue weighted by molar-refractivity contribution is 5.94. The Morgan fingerprint density at radius 2 is 1.73 bits per heavy atom. The lowest BCUT2D eigenvalue weighted by Gasteiger charge is -2.30. The van der Waals surface area contributed by atoms with Crippen LogP contribution in [0.2, 0.25) is 0 Å². The van der Waals surface area contributed by atoms with Gasteiger partial charge in [0.15, 0.2) is 0 Å². The van der Waals surface area contributed by atoms with Crippen molar-refractivity contribution >= 4 is 5.91 Å². The van der Waals surface area contributed by atoms with Crippen LogP contribution in [0.3, 0.4) is 0 Å². The van der Waals surface area contributed by atoms with Crippen LogP contribution in [-0.2, 0) is 0 Å². The number of para-hydroxylation sites is 1. The van der Waals surface area contributed by atoms with Crippen molar-refractivity contribution in [2.75, 3.05) is 13.1 Å². The maximum atomic E-state index is 12.6. The summed E-state index contributed by atoms with van der Waals surface area (Å²) in [5.74, 6) is 0.693. The molecule has 2 aromatic rings. The van der Waals surface area contributed by atoms with Crippen LogP contribution in [0.5, 0.6) is 0 Å². The summed E-state index contributed by atoms with van der Waals surface area (Å²) >= 11 is 0. The largest absolute Gasteiger partial charge is 0.339 e. The minimum Gasteiger partial charge on any atom is -0.339 e. The van der Waals surface area contributed by atoms with Gasteiger partial charge in [-0.05, 0) is 37.0 Å². The Kier molecular flexibility index (Phi) is 4.09. The van der Waals surface area contributed by atoms with Crippen LogP contribution >= 0.6 is 0 Å². The van der Waals surface area contributed by atoms with E-state index in [-0.39, 0.29) is 11.5 Å². The first-order chi connectivity index (χ1) is 10.6. The maximum Gasteiger partial charge on any atom is 0.255 e. The predicted octanol–water partition coefficient (Wildman–Crippen LogP) is 2.71. The maximum absolute atomic E-state index is 12.6. The summed E-state index contributed by atoms with van der Waals surface area (Å²) in [7, 11) is 0. The number of carbonyl (C=O) groups is 1. The zero-order chi connectivity index (χ0) is 15.5. The second-order valence-electron chi connectivity index (χ2n) is 5.94. The zero-order valence-corrected chi connectivity index (χ0v) is 12.7. The van der Waals surface area contributed by atoms with Crippen molar-refractivity contribution < 1.29 is 4.79 Å². The summed E-state index contributed by atoms with van der Waals surface area (Å²) in [5, 5.41) is 0. The van der Waals surface area contributed by atoms with Crippen LogP contribution in [0.4, 0.5) is 0 Å². The molecule has 4 nitrogen and oxygen atoms in total. The summed E-state index contributed by atoms with van der Waals surface area (Å²) in [6.07, 6.45) is 3.74. The molecule has 0 unspecified atom stereocenters. The quantitative estimate of drug-likeness (QED) is 0.855. The topological polar surface area (TPSA) is 42.3 Å². The Morgan fingerprint density at radius 1 is 1.05 bits per heavy atom. The first-order valence-corrected chi connectivity index (χ1v) is 7.72. The molecule has 1 aliphatic heterocycles. The number of likely N-dealkylation sites (tertiary alicyclic amines) is 1. The number of rotatable bonds is 2. The van der Waals surface area contributed by atoms with E-state index in [1.807, 2.05) is 35.2 Å². The number of carbonyl (C=O) groups excluding carboxylic acids is 1. The van der Waals surface area contributed by atoms with E-state index in [0.717, 1.165) is 31.6 Å². The number of benzene rings is 1. The third kappa shape index (κ3) is 2.96. The van der Waals surface area contributed by atoms with Gasteiger partial charge >= 0.3 is 0 Å². The highest BCUT2D eigenvalue weighted by Crippen LogP contribution is 2.18. The fourth-order valence-corrected chi connectivity index (χ4v) is 2.80. The number of nitrogens with zero attached hydrogens (tertiary/aromatic N) is 2. The summed E-state index contributed by atoms with van der Waals surface area (Å²) in [6.45, 7) is 3.81. The van der Waals surface area contributed by atoms with E-state index in [2.05, 4.69) is 6.92 Å². The molecule has 0 radical (unpaired) electrons. The number of pyridine rings is 1. The molecule has 0 saturated carbocycles. The fraction of sp³-hybridized carbons (Fsp3) is 0.333. The lowest BCUT2D eigenvalue weighted by atomic mass is 9.99. The fourth-order valence-electron chi connectivity index (χ4n) is 2.80. The van der Waals surface area contributed by atoms with Gasteiger partial charge in [0.05, 0.1) is 5.56 Å². The van der Waals surface area contributed by atoms with Gasteiger partial charge in [0.2, 0.25) is 0 Å².